The summed E-state index contributed by atoms with van der Waals surface area (Å²) in [4.78, 5) is 39.1. The normalized spacial score (nSPS) is 16.3. The van der Waals surface area contributed by atoms with E-state index in [2.05, 4.69) is 15.7 Å². The van der Waals surface area contributed by atoms with Gasteiger partial charge in [0.15, 0.2) is 0 Å². The van der Waals surface area contributed by atoms with Gasteiger partial charge < -0.3 is 30.9 Å². The van der Waals surface area contributed by atoms with Crippen molar-refractivity contribution in [2.45, 2.75) is 38.2 Å². The average molecular weight is 498 g/mol. The van der Waals surface area contributed by atoms with Crippen LogP contribution in [-0.4, -0.2) is 45.6 Å². The van der Waals surface area contributed by atoms with Gasteiger partial charge in [-0.3, -0.25) is 14.4 Å². The minimum atomic E-state index is -3.10. The van der Waals surface area contributed by atoms with E-state index in [1.165, 1.54) is 17.8 Å². The Balaban J connectivity index is 1.60. The molecule has 0 spiro atoms. The van der Waals surface area contributed by atoms with E-state index in [0.29, 0.717) is 23.2 Å². The number of amides is 2. The Morgan fingerprint density at radius 2 is 1.92 bits per heavy atom. The fourth-order valence-electron chi connectivity index (χ4n) is 4.72. The highest BCUT2D eigenvalue weighted by Crippen LogP contribution is 2.46. The number of benzene rings is 1. The molecule has 36 heavy (non-hydrogen) atoms. The number of carbonyl (C=O) groups is 3. The van der Waals surface area contributed by atoms with Gasteiger partial charge in [-0.05, 0) is 43.7 Å². The van der Waals surface area contributed by atoms with Gasteiger partial charge in [0.25, 0.3) is 23.5 Å². The zero-order valence-electron chi connectivity index (χ0n) is 19.7. The second kappa shape index (κ2) is 8.70. The number of ketones is 1. The molecule has 3 aromatic rings. The highest BCUT2D eigenvalue weighted by atomic mass is 19.3. The summed E-state index contributed by atoms with van der Waals surface area (Å²) < 4.78 is 34.2. The maximum absolute atomic E-state index is 13.7. The zero-order chi connectivity index (χ0) is 26.4. The monoisotopic (exact) mass is 498 g/mol. The summed E-state index contributed by atoms with van der Waals surface area (Å²) in [5.41, 5.74) is -0.102. The first-order valence-electron chi connectivity index (χ1n) is 10.9. The second-order valence-electron chi connectivity index (χ2n) is 8.85. The van der Waals surface area contributed by atoms with E-state index in [1.807, 2.05) is 0 Å². The number of rotatable bonds is 7. The van der Waals surface area contributed by atoms with Crippen molar-refractivity contribution < 1.29 is 27.6 Å². The van der Waals surface area contributed by atoms with Crippen LogP contribution in [0.4, 0.5) is 14.5 Å². The first kappa shape index (κ1) is 24.8. The molecule has 2 aromatic heterocycles. The molecule has 0 radical (unpaired) electrons. The van der Waals surface area contributed by atoms with Crippen LogP contribution in [-0.2, 0) is 11.8 Å². The first-order valence-corrected chi connectivity index (χ1v) is 10.9. The Labute approximate surface area is 204 Å². The Bertz CT molecular complexity index is 1440. The summed E-state index contributed by atoms with van der Waals surface area (Å²) >= 11 is 0. The van der Waals surface area contributed by atoms with Crippen molar-refractivity contribution in [1.29, 1.82) is 5.41 Å². The molecule has 0 unspecified atom stereocenters. The van der Waals surface area contributed by atoms with E-state index < -0.39 is 41.9 Å². The standard InChI is InChI=1S/C24H24F2N6O4/c1-12-18(20(33)22(35)30-23(17(9-27)31-28)10-24(25,26)11-23)13(2)32(3)19(12)21(34)29-15-4-5-16-14(8-15)6-7-36-16/h4-9,27H,10-11,28H2,1-3H3,(H,29,34)(H,30,35). The Morgan fingerprint density at radius 1 is 1.22 bits per heavy atom. The van der Waals surface area contributed by atoms with Gasteiger partial charge in [-0.15, -0.1) is 0 Å². The third-order valence-electron chi connectivity index (χ3n) is 6.53. The van der Waals surface area contributed by atoms with Crippen LogP contribution in [0.5, 0.6) is 0 Å². The first-order chi connectivity index (χ1) is 16.9. The Morgan fingerprint density at radius 3 is 2.53 bits per heavy atom. The van der Waals surface area contributed by atoms with E-state index in [0.717, 1.165) is 5.39 Å². The number of nitrogens with one attached hydrogen (secondary N) is 3. The van der Waals surface area contributed by atoms with Crippen molar-refractivity contribution in [3.05, 3.63) is 53.0 Å². The molecule has 5 N–H and O–H groups in total. The third kappa shape index (κ3) is 4.04. The van der Waals surface area contributed by atoms with Crippen molar-refractivity contribution in [3.8, 4) is 0 Å². The third-order valence-corrected chi connectivity index (χ3v) is 6.53. The summed E-state index contributed by atoms with van der Waals surface area (Å²) in [6.45, 7) is 3.10. The average Bonchev–Trinajstić information content (AvgIpc) is 3.34. The molecule has 0 atom stereocenters. The van der Waals surface area contributed by atoms with Crippen LogP contribution in [0.1, 0.15) is 44.9 Å². The lowest BCUT2D eigenvalue weighted by Crippen LogP contribution is -2.68. The summed E-state index contributed by atoms with van der Waals surface area (Å²) in [6.07, 6.45) is 0.517. The van der Waals surface area contributed by atoms with Gasteiger partial charge >= 0.3 is 0 Å². The predicted molar refractivity (Wildman–Crippen MR) is 129 cm³/mol. The number of furan rings is 1. The van der Waals surface area contributed by atoms with Gasteiger partial charge in [0.05, 0.1) is 17.4 Å². The molecular formula is C24H24F2N6O4. The summed E-state index contributed by atoms with van der Waals surface area (Å²) in [5.74, 6) is -0.545. The lowest BCUT2D eigenvalue weighted by Gasteiger charge is -2.46. The summed E-state index contributed by atoms with van der Waals surface area (Å²) in [5, 5.41) is 16.6. The number of hydrogen-bond acceptors (Lipinski definition) is 7. The minimum absolute atomic E-state index is 0.0206. The largest absolute Gasteiger partial charge is 0.464 e. The van der Waals surface area contributed by atoms with Gasteiger partial charge in [-0.25, -0.2) is 8.78 Å². The highest BCUT2D eigenvalue weighted by Gasteiger charge is 2.60. The molecule has 1 fully saturated rings. The van der Waals surface area contributed by atoms with E-state index in [4.69, 9.17) is 15.7 Å². The van der Waals surface area contributed by atoms with Gasteiger partial charge in [0.1, 0.15) is 17.0 Å². The number of fused-ring (bicyclic) bond motifs is 1. The molecule has 0 aliphatic heterocycles. The number of aromatic nitrogens is 1. The molecule has 2 heterocycles. The number of hydrazone groups is 1. The van der Waals surface area contributed by atoms with Crippen LogP contribution in [0.2, 0.25) is 0 Å². The number of nitrogens with zero attached hydrogens (tertiary/aromatic N) is 2. The summed E-state index contributed by atoms with van der Waals surface area (Å²) in [6, 6.07) is 6.86. The highest BCUT2D eigenvalue weighted by molar-refractivity contribution is 6.45. The molecule has 4 rings (SSSR count). The topological polar surface area (TPSA) is 156 Å². The maximum Gasteiger partial charge on any atom is 0.293 e. The Hall–Kier alpha value is -4.35. The number of alkyl halides is 2. The van der Waals surface area contributed by atoms with Crippen LogP contribution in [0.3, 0.4) is 0 Å². The van der Waals surface area contributed by atoms with Gasteiger partial charge in [0, 0.05) is 42.9 Å². The lowest BCUT2D eigenvalue weighted by molar-refractivity contribution is -0.131. The van der Waals surface area contributed by atoms with E-state index in [9.17, 15) is 23.2 Å². The van der Waals surface area contributed by atoms with Crippen LogP contribution in [0.25, 0.3) is 11.0 Å². The molecule has 1 saturated carbocycles. The molecule has 12 heteroatoms. The van der Waals surface area contributed by atoms with Crippen molar-refractivity contribution in [3.63, 3.8) is 0 Å². The fraction of sp³-hybridized carbons (Fsp3) is 0.292. The second-order valence-corrected chi connectivity index (χ2v) is 8.85. The Kier molecular flexibility index (Phi) is 5.99. The van der Waals surface area contributed by atoms with Crippen molar-refractivity contribution >= 4 is 46.2 Å². The maximum atomic E-state index is 13.7. The van der Waals surface area contributed by atoms with Crippen LogP contribution in [0.15, 0.2) is 40.0 Å². The smallest absolute Gasteiger partial charge is 0.293 e. The molecule has 0 saturated heterocycles. The number of carbonyl (C=O) groups excluding carboxylic acids is 3. The van der Waals surface area contributed by atoms with Crippen molar-refractivity contribution in [2.75, 3.05) is 5.32 Å². The molecular weight excluding hydrogens is 474 g/mol. The quantitative estimate of drug-likeness (QED) is 0.130. The van der Waals surface area contributed by atoms with E-state index >= 15 is 0 Å². The molecule has 188 valence electrons. The van der Waals surface area contributed by atoms with Gasteiger partial charge in [-0.1, -0.05) is 0 Å². The summed E-state index contributed by atoms with van der Waals surface area (Å²) in [7, 11) is 1.58. The van der Waals surface area contributed by atoms with Crippen LogP contribution >= 0.6 is 0 Å². The van der Waals surface area contributed by atoms with E-state index in [1.54, 1.807) is 38.2 Å². The molecule has 1 aromatic carbocycles. The predicted octanol–water partition coefficient (Wildman–Crippen LogP) is 3.07. The van der Waals surface area contributed by atoms with Gasteiger partial charge in [0.2, 0.25) is 0 Å². The minimum Gasteiger partial charge on any atom is -0.464 e. The number of anilines is 1. The zero-order valence-corrected chi connectivity index (χ0v) is 19.7. The van der Waals surface area contributed by atoms with Crippen LogP contribution in [0, 0.1) is 19.3 Å². The molecule has 1 aliphatic rings. The van der Waals surface area contributed by atoms with Crippen molar-refractivity contribution in [2.24, 2.45) is 18.0 Å². The lowest BCUT2D eigenvalue weighted by atomic mass is 9.70. The number of nitrogens with two attached hydrogens (primary N) is 1. The molecule has 2 amide bonds. The van der Waals surface area contributed by atoms with E-state index in [-0.39, 0.29) is 22.5 Å². The molecule has 0 bridgehead atoms. The SMILES string of the molecule is Cc1c(C(=O)C(=O)NC2(C(C=N)=NN)CC(F)(F)C2)c(C)n(C)c1C(=O)Nc1ccc2occc2c1. The van der Waals surface area contributed by atoms with Gasteiger partial charge in [-0.2, -0.15) is 5.10 Å². The molecule has 10 nitrogen and oxygen atoms in total. The molecule has 1 aliphatic carbocycles. The van der Waals surface area contributed by atoms with Crippen LogP contribution < -0.4 is 16.5 Å². The number of halogens is 2. The van der Waals surface area contributed by atoms with Crippen molar-refractivity contribution in [1.82, 2.24) is 9.88 Å². The number of hydrogen-bond donors (Lipinski definition) is 4. The number of Topliss-reactive ketones (excluding diaryl/α,β-unsaturated/α-hetero) is 1. The fourth-order valence-corrected chi connectivity index (χ4v) is 4.72.